The van der Waals surface area contributed by atoms with E-state index in [-0.39, 0.29) is 0 Å². The first-order valence-corrected chi connectivity index (χ1v) is 8.82. The van der Waals surface area contributed by atoms with E-state index < -0.39 is 0 Å². The van der Waals surface area contributed by atoms with E-state index in [0.29, 0.717) is 6.04 Å². The molecule has 1 aliphatic heterocycles. The molecule has 23 heavy (non-hydrogen) atoms. The van der Waals surface area contributed by atoms with Gasteiger partial charge in [0, 0.05) is 23.5 Å². The Morgan fingerprint density at radius 1 is 1.09 bits per heavy atom. The molecule has 0 unspecified atom stereocenters. The first kappa shape index (κ1) is 13.5. The van der Waals surface area contributed by atoms with Crippen molar-refractivity contribution in [1.29, 1.82) is 0 Å². The average Bonchev–Trinajstić information content (AvgIpc) is 3.02. The van der Waals surface area contributed by atoms with Crippen LogP contribution in [0.3, 0.4) is 0 Å². The molecule has 2 nitrogen and oxygen atoms in total. The first-order valence-electron chi connectivity index (χ1n) is 8.51. The van der Waals surface area contributed by atoms with Gasteiger partial charge in [0.1, 0.15) is 5.01 Å². The van der Waals surface area contributed by atoms with Gasteiger partial charge in [0.15, 0.2) is 0 Å². The van der Waals surface area contributed by atoms with E-state index >= 15 is 0 Å². The van der Waals surface area contributed by atoms with Crippen molar-refractivity contribution in [2.45, 2.75) is 26.8 Å². The van der Waals surface area contributed by atoms with Crippen LogP contribution in [0.2, 0.25) is 0 Å². The summed E-state index contributed by atoms with van der Waals surface area (Å²) in [6.07, 6.45) is 1.08. The van der Waals surface area contributed by atoms with Gasteiger partial charge in [-0.25, -0.2) is 4.98 Å². The van der Waals surface area contributed by atoms with Gasteiger partial charge in [-0.2, -0.15) is 0 Å². The Morgan fingerprint density at radius 3 is 2.78 bits per heavy atom. The van der Waals surface area contributed by atoms with Crippen molar-refractivity contribution in [3.8, 4) is 21.7 Å². The molecule has 3 aromatic rings. The van der Waals surface area contributed by atoms with Crippen LogP contribution in [-0.4, -0.2) is 11.5 Å². The fourth-order valence-electron chi connectivity index (χ4n) is 3.21. The Hall–Kier alpha value is -1.97. The zero-order valence-corrected chi connectivity index (χ0v) is 14.3. The number of hydrogen-bond donors (Lipinski definition) is 1. The number of hydrogen-bond acceptors (Lipinski definition) is 3. The lowest BCUT2D eigenvalue weighted by Crippen LogP contribution is -2.22. The summed E-state index contributed by atoms with van der Waals surface area (Å²) in [5, 5.41) is 4.51. The third-order valence-corrected chi connectivity index (χ3v) is 5.71. The molecule has 0 atom stereocenters. The van der Waals surface area contributed by atoms with E-state index in [1.165, 1.54) is 27.3 Å². The normalized spacial score (nSPS) is 14.4. The molecule has 2 heterocycles. The summed E-state index contributed by atoms with van der Waals surface area (Å²) < 4.78 is 8.07. The quantitative estimate of drug-likeness (QED) is 0.737. The number of nitrogens with one attached hydrogen (secondary N) is 1. The minimum Gasteiger partial charge on any atom is -0.311 e. The van der Waals surface area contributed by atoms with Gasteiger partial charge in [0.05, 0.1) is 7.06 Å². The van der Waals surface area contributed by atoms with Crippen molar-refractivity contribution in [2.75, 3.05) is 6.54 Å². The Bertz CT molecular complexity index is 890. The van der Waals surface area contributed by atoms with Crippen molar-refractivity contribution in [3.63, 3.8) is 0 Å². The highest BCUT2D eigenvalue weighted by Gasteiger charge is 2.17. The van der Waals surface area contributed by atoms with Gasteiger partial charge in [-0.15, -0.1) is 11.3 Å². The maximum absolute atomic E-state index is 8.07. The molecule has 4 rings (SSSR count). The zero-order chi connectivity index (χ0) is 16.7. The van der Waals surface area contributed by atoms with Crippen LogP contribution >= 0.6 is 11.3 Å². The molecule has 1 aromatic heterocycles. The van der Waals surface area contributed by atoms with Crippen LogP contribution in [-0.2, 0) is 13.0 Å². The third kappa shape index (κ3) is 2.60. The highest BCUT2D eigenvalue weighted by atomic mass is 32.1. The molecule has 0 saturated heterocycles. The molecule has 3 heteroatoms. The van der Waals surface area contributed by atoms with Crippen molar-refractivity contribution >= 4 is 11.3 Å². The monoisotopic (exact) mass is 321 g/mol. The topological polar surface area (TPSA) is 24.9 Å². The molecule has 0 radical (unpaired) electrons. The highest BCUT2D eigenvalue weighted by molar-refractivity contribution is 7.15. The molecule has 1 N–H and O–H groups in total. The molecule has 0 amide bonds. The van der Waals surface area contributed by atoms with Gasteiger partial charge in [0.25, 0.3) is 0 Å². The van der Waals surface area contributed by atoms with Gasteiger partial charge in [-0.05, 0) is 42.5 Å². The second kappa shape index (κ2) is 5.91. The Balaban J connectivity index is 1.84. The second-order valence-corrected chi connectivity index (χ2v) is 7.09. The van der Waals surface area contributed by atoms with E-state index in [0.717, 1.165) is 35.6 Å². The molecular weight excluding hydrogens is 300 g/mol. The van der Waals surface area contributed by atoms with E-state index in [1.54, 1.807) is 0 Å². The van der Waals surface area contributed by atoms with Gasteiger partial charge < -0.3 is 5.32 Å². The molecule has 2 aromatic carbocycles. The number of fused-ring (bicyclic) bond motifs is 1. The van der Waals surface area contributed by atoms with Crippen LogP contribution in [0, 0.1) is 13.8 Å². The summed E-state index contributed by atoms with van der Waals surface area (Å²) >= 11 is 1.83. The first-order chi connectivity index (χ1) is 11.6. The average molecular weight is 321 g/mol. The Kier molecular flexibility index (Phi) is 3.46. The molecule has 0 fully saturated rings. The van der Waals surface area contributed by atoms with Crippen LogP contribution in [0.15, 0.2) is 42.4 Å². The van der Waals surface area contributed by atoms with Crippen LogP contribution in [0.4, 0.5) is 0 Å². The minimum absolute atomic E-state index is 0.591. The summed E-state index contributed by atoms with van der Waals surface area (Å²) in [5.74, 6) is 0. The number of nitrogens with zero attached hydrogens (tertiary/aromatic N) is 1. The van der Waals surface area contributed by atoms with E-state index in [2.05, 4.69) is 36.5 Å². The van der Waals surface area contributed by atoms with Crippen molar-refractivity contribution in [1.82, 2.24) is 10.3 Å². The third-order valence-electron chi connectivity index (χ3n) is 4.52. The predicted octanol–water partition coefficient (Wildman–Crippen LogP) is 4.74. The largest absolute Gasteiger partial charge is 0.311 e. The standard InChI is InChI=1S/C20H20N2S/c1-13-6-3-4-7-15(13)16-8-5-9-17(14(16)2)20-22-18-12-21-11-10-19(18)23-20/h3-9,21H,10-12H2,1-2H3/i6D. The predicted molar refractivity (Wildman–Crippen MR) is 97.9 cm³/mol. The molecule has 0 saturated carbocycles. The van der Waals surface area contributed by atoms with Crippen molar-refractivity contribution in [3.05, 3.63) is 64.1 Å². The van der Waals surface area contributed by atoms with Crippen LogP contribution in [0.5, 0.6) is 0 Å². The summed E-state index contributed by atoms with van der Waals surface area (Å²) in [5.41, 5.74) is 7.03. The van der Waals surface area contributed by atoms with Crippen molar-refractivity contribution in [2.24, 2.45) is 0 Å². The van der Waals surface area contributed by atoms with E-state index in [4.69, 9.17) is 6.35 Å². The highest BCUT2D eigenvalue weighted by Crippen LogP contribution is 2.36. The number of benzene rings is 2. The lowest BCUT2D eigenvalue weighted by Gasteiger charge is -2.12. The summed E-state index contributed by atoms with van der Waals surface area (Å²) in [4.78, 5) is 6.29. The molecular formula is C20H20N2S. The van der Waals surface area contributed by atoms with E-state index in [1.807, 2.05) is 30.4 Å². The fourth-order valence-corrected chi connectivity index (χ4v) is 4.37. The number of rotatable bonds is 2. The smallest absolute Gasteiger partial charge is 0.124 e. The minimum atomic E-state index is 0.591. The number of aromatic nitrogens is 1. The van der Waals surface area contributed by atoms with Gasteiger partial charge in [0.2, 0.25) is 0 Å². The lowest BCUT2D eigenvalue weighted by molar-refractivity contribution is 0.639. The van der Waals surface area contributed by atoms with Crippen LogP contribution in [0.1, 0.15) is 23.1 Å². The molecule has 0 bridgehead atoms. The van der Waals surface area contributed by atoms with Gasteiger partial charge in [-0.3, -0.25) is 0 Å². The lowest BCUT2D eigenvalue weighted by atomic mass is 9.94. The van der Waals surface area contributed by atoms with Crippen LogP contribution in [0.25, 0.3) is 21.7 Å². The molecule has 116 valence electrons. The maximum Gasteiger partial charge on any atom is 0.124 e. The molecule has 1 aliphatic rings. The summed E-state index contributed by atoms with van der Waals surface area (Å²) in [6, 6.07) is 12.9. The molecule has 0 aliphatic carbocycles. The summed E-state index contributed by atoms with van der Waals surface area (Å²) in [7, 11) is 0. The maximum atomic E-state index is 8.07. The number of thiazole rings is 1. The van der Waals surface area contributed by atoms with Gasteiger partial charge in [-0.1, -0.05) is 42.4 Å². The second-order valence-electron chi connectivity index (χ2n) is 6.00. The zero-order valence-electron chi connectivity index (χ0n) is 14.4. The van der Waals surface area contributed by atoms with Crippen molar-refractivity contribution < 1.29 is 1.37 Å². The SMILES string of the molecule is [2H]c1cccc(-c2cccc(-c3nc4c(s3)CCNC4)c2C)c1C. The summed E-state index contributed by atoms with van der Waals surface area (Å²) in [6.45, 7) is 6.12. The molecule has 0 spiro atoms. The Morgan fingerprint density at radius 2 is 1.91 bits per heavy atom. The van der Waals surface area contributed by atoms with Crippen LogP contribution < -0.4 is 5.32 Å². The van der Waals surface area contributed by atoms with E-state index in [9.17, 15) is 0 Å². The fraction of sp³-hybridized carbons (Fsp3) is 0.250. The Labute approximate surface area is 142 Å². The van der Waals surface area contributed by atoms with Gasteiger partial charge >= 0.3 is 0 Å².